The molecule has 0 aliphatic carbocycles. The van der Waals surface area contributed by atoms with Gasteiger partial charge in [0.1, 0.15) is 11.5 Å². The maximum atomic E-state index is 6.05. The molecule has 0 aliphatic rings. The molecule has 0 aliphatic heterocycles. The second-order valence-corrected chi connectivity index (χ2v) is 5.61. The highest BCUT2D eigenvalue weighted by Gasteiger charge is 2.10. The molecule has 0 bridgehead atoms. The summed E-state index contributed by atoms with van der Waals surface area (Å²) in [6.45, 7) is 2.78. The maximum absolute atomic E-state index is 6.05. The molecule has 0 radical (unpaired) electrons. The summed E-state index contributed by atoms with van der Waals surface area (Å²) in [4.78, 5) is 4.63. The number of pyridine rings is 1. The number of imidazole rings is 1. The molecule has 1 aromatic carbocycles. The van der Waals surface area contributed by atoms with Crippen LogP contribution in [0.2, 0.25) is 10.0 Å². The molecule has 108 valence electrons. The lowest BCUT2D eigenvalue weighted by Gasteiger charge is -2.09. The van der Waals surface area contributed by atoms with Gasteiger partial charge < -0.3 is 5.32 Å². The molecule has 3 nitrogen and oxygen atoms in total. The average molecular weight is 320 g/mol. The molecule has 2 heterocycles. The quantitative estimate of drug-likeness (QED) is 0.747. The van der Waals surface area contributed by atoms with E-state index in [1.54, 1.807) is 0 Å². The second-order valence-electron chi connectivity index (χ2n) is 4.79. The Morgan fingerprint density at radius 1 is 1.14 bits per heavy atom. The first-order chi connectivity index (χ1) is 10.2. The van der Waals surface area contributed by atoms with Crippen LogP contribution in [-0.2, 0) is 13.0 Å². The van der Waals surface area contributed by atoms with Gasteiger partial charge in [0, 0.05) is 12.7 Å². The Morgan fingerprint density at radius 2 is 2.00 bits per heavy atom. The van der Waals surface area contributed by atoms with Gasteiger partial charge in [-0.15, -0.1) is 0 Å². The molecule has 5 heteroatoms. The summed E-state index contributed by atoms with van der Waals surface area (Å²) < 4.78 is 2.07. The summed E-state index contributed by atoms with van der Waals surface area (Å²) in [6, 6.07) is 11.7. The van der Waals surface area contributed by atoms with Crippen molar-refractivity contribution >= 4 is 34.7 Å². The van der Waals surface area contributed by atoms with Gasteiger partial charge in [-0.3, -0.25) is 4.40 Å². The van der Waals surface area contributed by atoms with Crippen molar-refractivity contribution in [1.82, 2.24) is 9.38 Å². The second kappa shape index (κ2) is 5.96. The molecule has 0 spiro atoms. The molecule has 2 aromatic heterocycles. The average Bonchev–Trinajstić information content (AvgIpc) is 2.86. The van der Waals surface area contributed by atoms with E-state index in [-0.39, 0.29) is 0 Å². The number of benzene rings is 1. The van der Waals surface area contributed by atoms with Crippen molar-refractivity contribution in [1.29, 1.82) is 0 Å². The number of rotatable bonds is 4. The van der Waals surface area contributed by atoms with Crippen molar-refractivity contribution in [3.05, 3.63) is 63.9 Å². The molecular weight excluding hydrogens is 305 g/mol. The lowest BCUT2D eigenvalue weighted by molar-refractivity contribution is 1.03. The molecule has 0 unspecified atom stereocenters. The molecular formula is C16H15Cl2N3. The number of nitrogens with one attached hydrogen (secondary N) is 1. The number of hydrogen-bond donors (Lipinski definition) is 1. The van der Waals surface area contributed by atoms with E-state index in [1.807, 2.05) is 42.6 Å². The van der Waals surface area contributed by atoms with E-state index in [0.717, 1.165) is 29.1 Å². The predicted molar refractivity (Wildman–Crippen MR) is 88.4 cm³/mol. The largest absolute Gasteiger partial charge is 0.366 e. The summed E-state index contributed by atoms with van der Waals surface area (Å²) in [7, 11) is 0. The van der Waals surface area contributed by atoms with Gasteiger partial charge in [-0.25, -0.2) is 4.98 Å². The number of hydrogen-bond acceptors (Lipinski definition) is 2. The molecule has 1 N–H and O–H groups in total. The van der Waals surface area contributed by atoms with Crippen LogP contribution >= 0.6 is 23.2 Å². The summed E-state index contributed by atoms with van der Waals surface area (Å²) >= 11 is 12.0. The van der Waals surface area contributed by atoms with Crippen LogP contribution in [0, 0.1) is 0 Å². The summed E-state index contributed by atoms with van der Waals surface area (Å²) in [6.07, 6.45) is 2.89. The molecule has 3 aromatic rings. The molecule has 0 fully saturated rings. The molecule has 0 saturated carbocycles. The Balaban J connectivity index is 1.89. The zero-order valence-corrected chi connectivity index (χ0v) is 13.1. The van der Waals surface area contributed by atoms with E-state index < -0.39 is 0 Å². The fraction of sp³-hybridized carbons (Fsp3) is 0.188. The van der Waals surface area contributed by atoms with Gasteiger partial charge in [0.25, 0.3) is 0 Å². The lowest BCUT2D eigenvalue weighted by Crippen LogP contribution is -2.04. The van der Waals surface area contributed by atoms with Gasteiger partial charge in [-0.1, -0.05) is 42.3 Å². The molecule has 0 amide bonds. The fourth-order valence-corrected chi connectivity index (χ4v) is 2.63. The van der Waals surface area contributed by atoms with Gasteiger partial charge in [0.05, 0.1) is 15.7 Å². The Kier molecular flexibility index (Phi) is 4.04. The fourth-order valence-electron chi connectivity index (χ4n) is 2.31. The van der Waals surface area contributed by atoms with Gasteiger partial charge in [-0.2, -0.15) is 0 Å². The Hall–Kier alpha value is -1.71. The normalized spacial score (nSPS) is 11.0. The van der Waals surface area contributed by atoms with E-state index in [4.69, 9.17) is 23.2 Å². The summed E-state index contributed by atoms with van der Waals surface area (Å²) in [5, 5.41) is 4.60. The highest BCUT2D eigenvalue weighted by Crippen LogP contribution is 2.24. The molecule has 3 rings (SSSR count). The molecule has 0 atom stereocenters. The first-order valence-corrected chi connectivity index (χ1v) is 7.58. The van der Waals surface area contributed by atoms with Crippen molar-refractivity contribution < 1.29 is 0 Å². The Bertz CT molecular complexity index is 780. The van der Waals surface area contributed by atoms with E-state index in [9.17, 15) is 0 Å². The number of aryl methyl sites for hydroxylation is 1. The number of halogens is 2. The topological polar surface area (TPSA) is 29.3 Å². The minimum absolute atomic E-state index is 0.574. The van der Waals surface area contributed by atoms with Crippen LogP contribution in [0.15, 0.2) is 42.6 Å². The smallest absolute Gasteiger partial charge is 0.138 e. The highest BCUT2D eigenvalue weighted by atomic mass is 35.5. The summed E-state index contributed by atoms with van der Waals surface area (Å²) in [5.41, 5.74) is 3.09. The monoisotopic (exact) mass is 319 g/mol. The number of nitrogens with zero attached hydrogens (tertiary/aromatic N) is 2. The third-order valence-electron chi connectivity index (χ3n) is 3.38. The van der Waals surface area contributed by atoms with Crippen LogP contribution in [0.3, 0.4) is 0 Å². The van der Waals surface area contributed by atoms with Gasteiger partial charge in [0.2, 0.25) is 0 Å². The Labute approximate surface area is 133 Å². The van der Waals surface area contributed by atoms with Crippen molar-refractivity contribution in [2.45, 2.75) is 19.9 Å². The van der Waals surface area contributed by atoms with Crippen molar-refractivity contribution in [3.8, 4) is 0 Å². The summed E-state index contributed by atoms with van der Waals surface area (Å²) in [5.74, 6) is 1.03. The standard InChI is InChI=1S/C16H15Cl2N3/c1-2-14-16(21-8-4-3-5-15(21)20-14)19-10-11-6-7-12(17)13(18)9-11/h3-9,19H,2,10H2,1H3. The molecule has 0 saturated heterocycles. The van der Waals surface area contributed by atoms with Crippen LogP contribution in [0.4, 0.5) is 5.82 Å². The number of fused-ring (bicyclic) bond motifs is 1. The van der Waals surface area contributed by atoms with E-state index in [1.165, 1.54) is 0 Å². The van der Waals surface area contributed by atoms with Crippen LogP contribution < -0.4 is 5.32 Å². The minimum atomic E-state index is 0.574. The number of aromatic nitrogens is 2. The van der Waals surface area contributed by atoms with Crippen LogP contribution in [0.25, 0.3) is 5.65 Å². The first-order valence-electron chi connectivity index (χ1n) is 6.83. The first kappa shape index (κ1) is 14.2. The van der Waals surface area contributed by atoms with Crippen molar-refractivity contribution in [2.75, 3.05) is 5.32 Å². The Morgan fingerprint density at radius 3 is 2.76 bits per heavy atom. The van der Waals surface area contributed by atoms with Crippen LogP contribution in [-0.4, -0.2) is 9.38 Å². The van der Waals surface area contributed by atoms with Crippen LogP contribution in [0.1, 0.15) is 18.2 Å². The third kappa shape index (κ3) is 2.85. The zero-order valence-electron chi connectivity index (χ0n) is 11.6. The van der Waals surface area contributed by atoms with Crippen molar-refractivity contribution in [3.63, 3.8) is 0 Å². The van der Waals surface area contributed by atoms with Crippen LogP contribution in [0.5, 0.6) is 0 Å². The number of anilines is 1. The maximum Gasteiger partial charge on any atom is 0.138 e. The lowest BCUT2D eigenvalue weighted by atomic mass is 10.2. The van der Waals surface area contributed by atoms with E-state index >= 15 is 0 Å². The highest BCUT2D eigenvalue weighted by molar-refractivity contribution is 6.42. The van der Waals surface area contributed by atoms with Crippen molar-refractivity contribution in [2.24, 2.45) is 0 Å². The van der Waals surface area contributed by atoms with Gasteiger partial charge in [-0.05, 0) is 36.2 Å². The van der Waals surface area contributed by atoms with Gasteiger partial charge >= 0.3 is 0 Å². The SMILES string of the molecule is CCc1nc2ccccn2c1NCc1ccc(Cl)c(Cl)c1. The minimum Gasteiger partial charge on any atom is -0.366 e. The third-order valence-corrected chi connectivity index (χ3v) is 4.12. The predicted octanol–water partition coefficient (Wildman–Crippen LogP) is 4.82. The van der Waals surface area contributed by atoms with E-state index in [2.05, 4.69) is 21.6 Å². The zero-order chi connectivity index (χ0) is 14.8. The van der Waals surface area contributed by atoms with E-state index in [0.29, 0.717) is 16.6 Å². The van der Waals surface area contributed by atoms with Gasteiger partial charge in [0.15, 0.2) is 0 Å². The molecule has 21 heavy (non-hydrogen) atoms.